The van der Waals surface area contributed by atoms with Crippen molar-refractivity contribution in [2.24, 2.45) is 5.92 Å². The number of hydrogen-bond acceptors (Lipinski definition) is 3. The summed E-state index contributed by atoms with van der Waals surface area (Å²) < 4.78 is 0. The summed E-state index contributed by atoms with van der Waals surface area (Å²) in [7, 11) is 1.79. The van der Waals surface area contributed by atoms with Crippen LogP contribution in [0.5, 0.6) is 0 Å². The summed E-state index contributed by atoms with van der Waals surface area (Å²) in [5.74, 6) is 0.316. The van der Waals surface area contributed by atoms with Gasteiger partial charge in [0, 0.05) is 35.4 Å². The average molecular weight is 336 g/mol. The van der Waals surface area contributed by atoms with Crippen molar-refractivity contribution in [2.75, 3.05) is 7.05 Å². The molecule has 0 saturated heterocycles. The highest BCUT2D eigenvalue weighted by Crippen LogP contribution is 2.49. The molecule has 1 fully saturated rings. The quantitative estimate of drug-likeness (QED) is 0.858. The lowest BCUT2D eigenvalue weighted by Gasteiger charge is -2.16. The molecule has 3 rings (SSSR count). The normalized spacial score (nSPS) is 19.8. The van der Waals surface area contributed by atoms with Crippen molar-refractivity contribution >= 4 is 29.1 Å². The molecule has 1 aromatic heterocycles. The third-order valence-corrected chi connectivity index (χ3v) is 4.25. The van der Waals surface area contributed by atoms with E-state index in [1.165, 1.54) is 0 Å². The SMILES string of the molecule is CN(Cc1cnccn1)C(=O)[C@@H]1C[C@@H]1c1cc(Cl)cc(Cl)c1. The van der Waals surface area contributed by atoms with Gasteiger partial charge in [0.25, 0.3) is 0 Å². The molecule has 6 heteroatoms. The van der Waals surface area contributed by atoms with E-state index in [-0.39, 0.29) is 17.7 Å². The number of halogens is 2. The first-order valence-corrected chi connectivity index (χ1v) is 7.76. The van der Waals surface area contributed by atoms with Crippen molar-refractivity contribution in [3.63, 3.8) is 0 Å². The van der Waals surface area contributed by atoms with Crippen LogP contribution in [0, 0.1) is 5.92 Å². The molecule has 0 spiro atoms. The molecule has 22 heavy (non-hydrogen) atoms. The molecule has 1 aromatic carbocycles. The maximum Gasteiger partial charge on any atom is 0.226 e. The molecule has 1 aliphatic rings. The first-order chi connectivity index (χ1) is 10.5. The monoisotopic (exact) mass is 335 g/mol. The first kappa shape index (κ1) is 15.3. The topological polar surface area (TPSA) is 46.1 Å². The number of benzene rings is 1. The Kier molecular flexibility index (Phi) is 4.32. The van der Waals surface area contributed by atoms with E-state index in [1.807, 2.05) is 12.1 Å². The zero-order chi connectivity index (χ0) is 15.7. The molecule has 114 valence electrons. The van der Waals surface area contributed by atoms with Crippen molar-refractivity contribution in [3.8, 4) is 0 Å². The second-order valence-corrected chi connectivity index (χ2v) is 6.42. The second kappa shape index (κ2) is 6.23. The van der Waals surface area contributed by atoms with Crippen molar-refractivity contribution in [2.45, 2.75) is 18.9 Å². The predicted octanol–water partition coefficient (Wildman–Crippen LogP) is 3.55. The van der Waals surface area contributed by atoms with E-state index in [1.54, 1.807) is 36.6 Å². The van der Waals surface area contributed by atoms with Crippen LogP contribution in [0.15, 0.2) is 36.8 Å². The van der Waals surface area contributed by atoms with Gasteiger partial charge in [-0.2, -0.15) is 0 Å². The van der Waals surface area contributed by atoms with Gasteiger partial charge >= 0.3 is 0 Å². The lowest BCUT2D eigenvalue weighted by molar-refractivity contribution is -0.131. The fourth-order valence-corrected chi connectivity index (χ4v) is 3.18. The smallest absolute Gasteiger partial charge is 0.226 e. The van der Waals surface area contributed by atoms with Gasteiger partial charge in [-0.25, -0.2) is 0 Å². The van der Waals surface area contributed by atoms with Gasteiger partial charge in [0.15, 0.2) is 0 Å². The van der Waals surface area contributed by atoms with Gasteiger partial charge < -0.3 is 4.90 Å². The molecule has 0 N–H and O–H groups in total. The van der Waals surface area contributed by atoms with E-state index in [0.29, 0.717) is 16.6 Å². The number of carbonyl (C=O) groups is 1. The van der Waals surface area contributed by atoms with Crippen LogP contribution in [-0.2, 0) is 11.3 Å². The van der Waals surface area contributed by atoms with Gasteiger partial charge in [0.2, 0.25) is 5.91 Å². The second-order valence-electron chi connectivity index (χ2n) is 5.54. The van der Waals surface area contributed by atoms with Gasteiger partial charge in [-0.05, 0) is 36.1 Å². The minimum atomic E-state index is -0.00351. The number of carbonyl (C=O) groups excluding carboxylic acids is 1. The first-order valence-electron chi connectivity index (χ1n) is 7.00. The van der Waals surface area contributed by atoms with Gasteiger partial charge in [-0.3, -0.25) is 14.8 Å². The summed E-state index contributed by atoms with van der Waals surface area (Å²) in [4.78, 5) is 22.4. The van der Waals surface area contributed by atoms with Gasteiger partial charge in [-0.15, -0.1) is 0 Å². The highest BCUT2D eigenvalue weighted by atomic mass is 35.5. The highest BCUT2D eigenvalue weighted by molar-refractivity contribution is 6.34. The number of amides is 1. The molecule has 2 atom stereocenters. The molecule has 1 heterocycles. The molecule has 0 bridgehead atoms. The van der Waals surface area contributed by atoms with Crippen molar-refractivity contribution in [3.05, 3.63) is 58.1 Å². The Morgan fingerprint density at radius 2 is 2.00 bits per heavy atom. The molecule has 0 aliphatic heterocycles. The number of nitrogens with zero attached hydrogens (tertiary/aromatic N) is 3. The fourth-order valence-electron chi connectivity index (χ4n) is 2.64. The van der Waals surface area contributed by atoms with Crippen LogP contribution in [-0.4, -0.2) is 27.8 Å². The Morgan fingerprint density at radius 1 is 1.27 bits per heavy atom. The van der Waals surface area contributed by atoms with Crippen LogP contribution in [0.4, 0.5) is 0 Å². The van der Waals surface area contributed by atoms with Gasteiger partial charge in [-0.1, -0.05) is 23.2 Å². The Bertz CT molecular complexity index is 673. The average Bonchev–Trinajstić information content (AvgIpc) is 3.27. The third-order valence-electron chi connectivity index (χ3n) is 3.81. The number of rotatable bonds is 4. The van der Waals surface area contributed by atoms with Crippen LogP contribution >= 0.6 is 23.2 Å². The molecule has 4 nitrogen and oxygen atoms in total. The summed E-state index contributed by atoms with van der Waals surface area (Å²) in [5, 5.41) is 1.21. The molecule has 0 unspecified atom stereocenters. The Morgan fingerprint density at radius 3 is 2.64 bits per heavy atom. The van der Waals surface area contributed by atoms with Crippen LogP contribution < -0.4 is 0 Å². The van der Waals surface area contributed by atoms with Crippen LogP contribution in [0.2, 0.25) is 10.0 Å². The largest absolute Gasteiger partial charge is 0.340 e. The summed E-state index contributed by atoms with van der Waals surface area (Å²) in [6.07, 6.45) is 5.75. The van der Waals surface area contributed by atoms with Gasteiger partial charge in [0.05, 0.1) is 18.4 Å². The summed E-state index contributed by atoms with van der Waals surface area (Å²) in [5.41, 5.74) is 1.81. The Balaban J connectivity index is 1.65. The third kappa shape index (κ3) is 3.39. The zero-order valence-electron chi connectivity index (χ0n) is 12.0. The molecular weight excluding hydrogens is 321 g/mol. The molecule has 2 aromatic rings. The lowest BCUT2D eigenvalue weighted by atomic mass is 10.1. The highest BCUT2D eigenvalue weighted by Gasteiger charge is 2.45. The Hall–Kier alpha value is -1.65. The minimum Gasteiger partial charge on any atom is -0.340 e. The summed E-state index contributed by atoms with van der Waals surface area (Å²) >= 11 is 12.0. The maximum absolute atomic E-state index is 12.5. The fraction of sp³-hybridized carbons (Fsp3) is 0.312. The van der Waals surface area contributed by atoms with E-state index in [9.17, 15) is 4.79 Å². The van der Waals surface area contributed by atoms with E-state index >= 15 is 0 Å². The van der Waals surface area contributed by atoms with Crippen LogP contribution in [0.3, 0.4) is 0 Å². The molecule has 1 amide bonds. The zero-order valence-corrected chi connectivity index (χ0v) is 13.6. The maximum atomic E-state index is 12.5. The summed E-state index contributed by atoms with van der Waals surface area (Å²) in [6, 6.07) is 5.47. The minimum absolute atomic E-state index is 0.00351. The molecule has 1 saturated carbocycles. The lowest BCUT2D eigenvalue weighted by Crippen LogP contribution is -2.28. The molecular formula is C16H15Cl2N3O. The van der Waals surface area contributed by atoms with E-state index in [0.717, 1.165) is 17.7 Å². The molecule has 0 radical (unpaired) electrons. The van der Waals surface area contributed by atoms with Gasteiger partial charge in [0.1, 0.15) is 0 Å². The summed E-state index contributed by atoms with van der Waals surface area (Å²) in [6.45, 7) is 0.464. The predicted molar refractivity (Wildman–Crippen MR) is 85.8 cm³/mol. The van der Waals surface area contributed by atoms with Crippen LogP contribution in [0.25, 0.3) is 0 Å². The van der Waals surface area contributed by atoms with E-state index < -0.39 is 0 Å². The standard InChI is InChI=1S/C16H15Cl2N3O/c1-21(9-13-8-19-2-3-20-13)16(22)15-7-14(15)10-4-11(17)6-12(18)5-10/h2-6,8,14-15H,7,9H2,1H3/t14-,15-/m1/s1. The van der Waals surface area contributed by atoms with Crippen molar-refractivity contribution < 1.29 is 4.79 Å². The van der Waals surface area contributed by atoms with Crippen molar-refractivity contribution in [1.82, 2.24) is 14.9 Å². The molecule has 1 aliphatic carbocycles. The van der Waals surface area contributed by atoms with Crippen molar-refractivity contribution in [1.29, 1.82) is 0 Å². The Labute approximate surface area is 139 Å². The number of aromatic nitrogens is 2. The number of hydrogen-bond donors (Lipinski definition) is 0. The van der Waals surface area contributed by atoms with Crippen LogP contribution in [0.1, 0.15) is 23.6 Å². The van der Waals surface area contributed by atoms with E-state index in [2.05, 4.69) is 9.97 Å². The van der Waals surface area contributed by atoms with E-state index in [4.69, 9.17) is 23.2 Å².